The summed E-state index contributed by atoms with van der Waals surface area (Å²) in [6.07, 6.45) is 2.16. The van der Waals surface area contributed by atoms with Crippen LogP contribution in [0, 0.1) is 13.5 Å². The third-order valence-corrected chi connectivity index (χ3v) is 3.27. The molecule has 0 saturated carbocycles. The number of aliphatic hydroxyl groups is 1. The number of fused-ring (bicyclic) bond motifs is 3. The van der Waals surface area contributed by atoms with E-state index in [1.165, 1.54) is 11.1 Å². The normalized spacial score (nSPS) is 14.5. The van der Waals surface area contributed by atoms with E-state index < -0.39 is 6.10 Å². The number of halogens is 1. The highest BCUT2D eigenvalue weighted by molar-refractivity contribution is 6.30. The lowest BCUT2D eigenvalue weighted by Crippen LogP contribution is -2.09. The number of aliphatic hydroxyl groups excluding tert-OH is 1. The zero-order chi connectivity index (χ0) is 12.0. The molecule has 2 aromatic rings. The standard InChI is InChI=1S/C14H12ClNO/c1-9(17)8-16-5-4-11-6-10-2-3-12(15)7-13(10)14(11)16/h2-5,7-9,17H,1,6H2/t9-/m1/s1. The molecule has 1 aliphatic carbocycles. The number of nitrogens with zero attached hydrogens (tertiary/aromatic N) is 1. The van der Waals surface area contributed by atoms with Crippen LogP contribution in [-0.2, 0) is 6.42 Å². The predicted molar refractivity (Wildman–Crippen MR) is 68.7 cm³/mol. The van der Waals surface area contributed by atoms with E-state index in [0.717, 1.165) is 22.7 Å². The Labute approximate surface area is 105 Å². The summed E-state index contributed by atoms with van der Waals surface area (Å²) in [5.74, 6) is 0. The average molecular weight is 246 g/mol. The highest BCUT2D eigenvalue weighted by Crippen LogP contribution is 2.38. The van der Waals surface area contributed by atoms with Gasteiger partial charge >= 0.3 is 0 Å². The first kappa shape index (κ1) is 10.9. The second-order valence-corrected chi connectivity index (χ2v) is 4.73. The van der Waals surface area contributed by atoms with Crippen molar-refractivity contribution in [3.8, 4) is 11.3 Å². The maximum absolute atomic E-state index is 9.34. The fourth-order valence-electron chi connectivity index (χ4n) is 2.38. The van der Waals surface area contributed by atoms with Crippen LogP contribution < -0.4 is 0 Å². The van der Waals surface area contributed by atoms with Crippen LogP contribution in [0.4, 0.5) is 0 Å². The molecule has 17 heavy (non-hydrogen) atoms. The Morgan fingerprint density at radius 3 is 2.94 bits per heavy atom. The molecule has 2 nitrogen and oxygen atoms in total. The van der Waals surface area contributed by atoms with E-state index in [4.69, 9.17) is 11.6 Å². The van der Waals surface area contributed by atoms with Gasteiger partial charge in [0.1, 0.15) is 0 Å². The van der Waals surface area contributed by atoms with Gasteiger partial charge in [-0.25, -0.2) is 0 Å². The molecule has 2 radical (unpaired) electrons. The summed E-state index contributed by atoms with van der Waals surface area (Å²) in [5.41, 5.74) is 4.81. The van der Waals surface area contributed by atoms with Gasteiger partial charge in [0.05, 0.1) is 18.3 Å². The molecule has 1 aliphatic rings. The Bertz CT molecular complexity index is 572. The van der Waals surface area contributed by atoms with E-state index in [1.807, 2.05) is 22.9 Å². The molecular weight excluding hydrogens is 234 g/mol. The molecule has 3 heteroatoms. The third-order valence-electron chi connectivity index (χ3n) is 3.04. The number of aromatic nitrogens is 1. The van der Waals surface area contributed by atoms with E-state index in [0.29, 0.717) is 0 Å². The fraction of sp³-hybridized carbons (Fsp3) is 0.143. The van der Waals surface area contributed by atoms with E-state index in [9.17, 15) is 5.11 Å². The van der Waals surface area contributed by atoms with E-state index in [1.54, 1.807) is 6.54 Å². The van der Waals surface area contributed by atoms with Crippen LogP contribution in [0.25, 0.3) is 11.3 Å². The average Bonchev–Trinajstić information content (AvgIpc) is 2.78. The fourth-order valence-corrected chi connectivity index (χ4v) is 2.55. The molecule has 0 saturated heterocycles. The largest absolute Gasteiger partial charge is 0.391 e. The van der Waals surface area contributed by atoms with Crippen LogP contribution in [0.1, 0.15) is 11.1 Å². The van der Waals surface area contributed by atoms with Crippen molar-refractivity contribution in [2.24, 2.45) is 0 Å². The Morgan fingerprint density at radius 2 is 2.18 bits per heavy atom. The van der Waals surface area contributed by atoms with E-state index in [-0.39, 0.29) is 0 Å². The van der Waals surface area contributed by atoms with Crippen molar-refractivity contribution in [3.63, 3.8) is 0 Å². The molecule has 1 aromatic carbocycles. The van der Waals surface area contributed by atoms with Crippen molar-refractivity contribution in [1.29, 1.82) is 0 Å². The van der Waals surface area contributed by atoms with Gasteiger partial charge in [-0.15, -0.1) is 0 Å². The first-order valence-electron chi connectivity index (χ1n) is 5.50. The lowest BCUT2D eigenvalue weighted by molar-refractivity contribution is 0.245. The number of hydrogen-bond donors (Lipinski definition) is 1. The Hall–Kier alpha value is -1.25. The van der Waals surface area contributed by atoms with E-state index >= 15 is 0 Å². The minimum atomic E-state index is -0.713. The van der Waals surface area contributed by atoms with Crippen molar-refractivity contribution in [2.45, 2.75) is 12.5 Å². The zero-order valence-electron chi connectivity index (χ0n) is 9.23. The minimum Gasteiger partial charge on any atom is -0.391 e. The highest BCUT2D eigenvalue weighted by Gasteiger charge is 2.22. The van der Waals surface area contributed by atoms with Crippen molar-refractivity contribution in [3.05, 3.63) is 60.1 Å². The molecule has 1 heterocycles. The molecule has 1 aromatic heterocycles. The quantitative estimate of drug-likeness (QED) is 0.738. The van der Waals surface area contributed by atoms with Crippen molar-refractivity contribution in [2.75, 3.05) is 0 Å². The van der Waals surface area contributed by atoms with Crippen molar-refractivity contribution in [1.82, 2.24) is 4.57 Å². The Balaban J connectivity index is 2.12. The molecule has 0 fully saturated rings. The van der Waals surface area contributed by atoms with Crippen molar-refractivity contribution >= 4 is 11.6 Å². The van der Waals surface area contributed by atoms with Gasteiger partial charge < -0.3 is 9.67 Å². The molecule has 0 unspecified atom stereocenters. The predicted octanol–water partition coefficient (Wildman–Crippen LogP) is 2.92. The molecule has 86 valence electrons. The minimum absolute atomic E-state index is 0.713. The molecule has 0 aliphatic heterocycles. The topological polar surface area (TPSA) is 25.2 Å². The second-order valence-electron chi connectivity index (χ2n) is 4.29. The van der Waals surface area contributed by atoms with Gasteiger partial charge in [0.15, 0.2) is 0 Å². The van der Waals surface area contributed by atoms with Gasteiger partial charge in [0, 0.05) is 23.2 Å². The van der Waals surface area contributed by atoms with Gasteiger partial charge in [0.2, 0.25) is 0 Å². The van der Waals surface area contributed by atoms with Crippen LogP contribution in [0.15, 0.2) is 30.5 Å². The summed E-state index contributed by atoms with van der Waals surface area (Å²) in [6, 6.07) is 8.02. The summed E-state index contributed by atoms with van der Waals surface area (Å²) < 4.78 is 1.93. The smallest absolute Gasteiger partial charge is 0.0828 e. The maximum Gasteiger partial charge on any atom is 0.0828 e. The van der Waals surface area contributed by atoms with Crippen LogP contribution >= 0.6 is 11.6 Å². The van der Waals surface area contributed by atoms with Crippen LogP contribution in [0.2, 0.25) is 5.02 Å². The molecule has 0 amide bonds. The summed E-state index contributed by atoms with van der Waals surface area (Å²) in [4.78, 5) is 0. The van der Waals surface area contributed by atoms with Gasteiger partial charge in [-0.2, -0.15) is 0 Å². The zero-order valence-corrected chi connectivity index (χ0v) is 9.98. The Morgan fingerprint density at radius 1 is 1.35 bits per heavy atom. The summed E-state index contributed by atoms with van der Waals surface area (Å²) in [5, 5.41) is 10.1. The second kappa shape index (κ2) is 3.90. The number of rotatable bonds is 2. The monoisotopic (exact) mass is 245 g/mol. The Kier molecular flexibility index (Phi) is 2.49. The molecule has 0 bridgehead atoms. The lowest BCUT2D eigenvalue weighted by Gasteiger charge is -2.10. The van der Waals surface area contributed by atoms with Gasteiger partial charge in [0.25, 0.3) is 0 Å². The van der Waals surface area contributed by atoms with Crippen LogP contribution in [-0.4, -0.2) is 15.8 Å². The lowest BCUT2D eigenvalue weighted by atomic mass is 10.1. The number of hydrogen-bond acceptors (Lipinski definition) is 1. The molecular formula is C14H12ClNO. The van der Waals surface area contributed by atoms with Crippen LogP contribution in [0.5, 0.6) is 0 Å². The summed E-state index contributed by atoms with van der Waals surface area (Å²) in [6.45, 7) is 5.25. The maximum atomic E-state index is 9.34. The number of benzene rings is 1. The molecule has 0 spiro atoms. The molecule has 1 atom stereocenters. The molecule has 1 N–H and O–H groups in total. The van der Waals surface area contributed by atoms with Gasteiger partial charge in [-0.1, -0.05) is 17.7 Å². The SMILES string of the molecule is [CH2][C@@H](O)[CH]n1ccc2c1-c1cc(Cl)ccc1C2. The third kappa shape index (κ3) is 1.78. The summed E-state index contributed by atoms with van der Waals surface area (Å²) in [7, 11) is 0. The van der Waals surface area contributed by atoms with E-state index in [2.05, 4.69) is 19.1 Å². The van der Waals surface area contributed by atoms with Crippen LogP contribution in [0.3, 0.4) is 0 Å². The van der Waals surface area contributed by atoms with Crippen molar-refractivity contribution < 1.29 is 5.11 Å². The molecule has 3 rings (SSSR count). The first-order chi connectivity index (χ1) is 8.15. The van der Waals surface area contributed by atoms with Gasteiger partial charge in [-0.3, -0.25) is 0 Å². The summed E-state index contributed by atoms with van der Waals surface area (Å²) >= 11 is 6.03. The first-order valence-corrected chi connectivity index (χ1v) is 5.87. The van der Waals surface area contributed by atoms with Gasteiger partial charge in [-0.05, 0) is 36.2 Å². The highest BCUT2D eigenvalue weighted by atomic mass is 35.5.